The number of fused-ring (bicyclic) bond motifs is 5. The van der Waals surface area contributed by atoms with E-state index in [0.29, 0.717) is 0 Å². The zero-order chi connectivity index (χ0) is 35.0. The van der Waals surface area contributed by atoms with Crippen molar-refractivity contribution in [1.29, 1.82) is 0 Å². The normalized spacial score (nSPS) is 13.5. The first-order valence-corrected chi connectivity index (χ1v) is 18.0. The summed E-state index contributed by atoms with van der Waals surface area (Å²) in [6, 6.07) is 54.3. The molecule has 0 bridgehead atoms. The molecule has 6 aromatic carbocycles. The van der Waals surface area contributed by atoms with E-state index in [0.717, 1.165) is 35.0 Å². The number of nitrogens with zero attached hydrogens (tertiary/aromatic N) is 4. The summed E-state index contributed by atoms with van der Waals surface area (Å²) in [6.45, 7) is 7.55. The van der Waals surface area contributed by atoms with Crippen LogP contribution in [0.4, 0.5) is 22.7 Å². The minimum atomic E-state index is 0.00539. The SMILES string of the molecule is CC(C)(C)c1ccnc(-n2c3ccccc3c3ccc(Oc4ccc5c(c4)N4CN(c6ccccc6)c6cccc(c64)B5c4ccccc4)cc32)c1. The summed E-state index contributed by atoms with van der Waals surface area (Å²) < 4.78 is 9.06. The van der Waals surface area contributed by atoms with E-state index in [1.165, 1.54) is 55.5 Å². The topological polar surface area (TPSA) is 33.5 Å². The van der Waals surface area contributed by atoms with Crippen LogP contribution in [0.1, 0.15) is 26.3 Å². The molecule has 0 atom stereocenters. The van der Waals surface area contributed by atoms with E-state index in [1.807, 2.05) is 6.20 Å². The third-order valence-electron chi connectivity index (χ3n) is 10.7. The molecule has 8 aromatic rings. The van der Waals surface area contributed by atoms with Crippen LogP contribution in [0.25, 0.3) is 27.6 Å². The Labute approximate surface area is 304 Å². The van der Waals surface area contributed by atoms with Gasteiger partial charge in [0.25, 0.3) is 0 Å². The van der Waals surface area contributed by atoms with Gasteiger partial charge in [-0.05, 0) is 76.5 Å². The molecule has 5 nitrogen and oxygen atoms in total. The summed E-state index contributed by atoms with van der Waals surface area (Å²) in [7, 11) is 0. The number of ether oxygens (including phenoxy) is 1. The van der Waals surface area contributed by atoms with E-state index in [-0.39, 0.29) is 12.1 Å². The lowest BCUT2D eigenvalue weighted by molar-refractivity contribution is 0.483. The lowest BCUT2D eigenvalue weighted by Gasteiger charge is -2.33. The number of pyridine rings is 1. The van der Waals surface area contributed by atoms with Crippen LogP contribution in [0, 0.1) is 0 Å². The fourth-order valence-electron chi connectivity index (χ4n) is 8.25. The second-order valence-corrected chi connectivity index (χ2v) is 14.9. The molecule has 0 saturated carbocycles. The Morgan fingerprint density at radius 2 is 1.33 bits per heavy atom. The first kappa shape index (κ1) is 30.6. The maximum Gasteiger partial charge on any atom is 0.246 e. The zero-order valence-electron chi connectivity index (χ0n) is 29.5. The monoisotopic (exact) mass is 672 g/mol. The Hall–Kier alpha value is -6.27. The van der Waals surface area contributed by atoms with Crippen LogP contribution in [-0.2, 0) is 5.41 Å². The van der Waals surface area contributed by atoms with Crippen molar-refractivity contribution in [3.8, 4) is 17.3 Å². The summed E-state index contributed by atoms with van der Waals surface area (Å²) in [5.74, 6) is 2.50. The fourth-order valence-corrected chi connectivity index (χ4v) is 8.25. The van der Waals surface area contributed by atoms with Crippen molar-refractivity contribution in [2.24, 2.45) is 0 Å². The van der Waals surface area contributed by atoms with Crippen molar-refractivity contribution >= 4 is 67.7 Å². The molecule has 0 fully saturated rings. The minimum absolute atomic E-state index is 0.00539. The zero-order valence-corrected chi connectivity index (χ0v) is 29.5. The third kappa shape index (κ3) is 4.82. The first-order chi connectivity index (χ1) is 25.4. The second kappa shape index (κ2) is 11.6. The quantitative estimate of drug-likeness (QED) is 0.171. The standard InChI is InChI=1S/C46H37BN4O/c1-46(2,3)31-25-26-48-44(27-31)51-40-19-11-10-17-36(40)37-23-21-34(28-42(37)51)52-35-22-24-38-43(29-35)50-30-49(33-15-8-5-9-16-33)41-20-12-18-39(45(41)50)47(38)32-13-6-4-7-14-32/h4-29H,30H2,1-3H3. The molecule has 0 radical (unpaired) electrons. The highest BCUT2D eigenvalue weighted by Gasteiger charge is 2.41. The molecule has 52 heavy (non-hydrogen) atoms. The van der Waals surface area contributed by atoms with Crippen molar-refractivity contribution in [1.82, 2.24) is 9.55 Å². The highest BCUT2D eigenvalue weighted by Crippen LogP contribution is 2.45. The second-order valence-electron chi connectivity index (χ2n) is 14.9. The Bertz CT molecular complexity index is 2640. The lowest BCUT2D eigenvalue weighted by Crippen LogP contribution is -2.57. The van der Waals surface area contributed by atoms with Crippen molar-refractivity contribution in [3.63, 3.8) is 0 Å². The van der Waals surface area contributed by atoms with Crippen LogP contribution in [0.2, 0.25) is 0 Å². The average Bonchev–Trinajstić information content (AvgIpc) is 3.73. The summed E-state index contributed by atoms with van der Waals surface area (Å²) in [4.78, 5) is 9.75. The number of hydrogen-bond acceptors (Lipinski definition) is 4. The molecule has 2 aliphatic heterocycles. The Morgan fingerprint density at radius 3 is 2.15 bits per heavy atom. The van der Waals surface area contributed by atoms with E-state index < -0.39 is 0 Å². The number of anilines is 4. The molecular weight excluding hydrogens is 635 g/mol. The highest BCUT2D eigenvalue weighted by molar-refractivity contribution is 6.98. The number of rotatable bonds is 5. The van der Waals surface area contributed by atoms with Gasteiger partial charge in [-0.15, -0.1) is 0 Å². The van der Waals surface area contributed by atoms with Crippen molar-refractivity contribution in [2.45, 2.75) is 26.2 Å². The van der Waals surface area contributed by atoms with E-state index in [2.05, 4.69) is 187 Å². The fraction of sp³-hybridized carbons (Fsp3) is 0.109. The molecule has 0 N–H and O–H groups in total. The Balaban J connectivity index is 1.09. The van der Waals surface area contributed by atoms with Gasteiger partial charge in [0, 0.05) is 40.5 Å². The average molecular weight is 673 g/mol. The van der Waals surface area contributed by atoms with Gasteiger partial charge in [0.2, 0.25) is 6.71 Å². The summed E-state index contributed by atoms with van der Waals surface area (Å²) >= 11 is 0. The molecule has 0 spiro atoms. The van der Waals surface area contributed by atoms with E-state index in [9.17, 15) is 0 Å². The number of para-hydroxylation sites is 3. The van der Waals surface area contributed by atoms with Crippen molar-refractivity contribution in [3.05, 3.63) is 163 Å². The van der Waals surface area contributed by atoms with Gasteiger partial charge in [-0.3, -0.25) is 4.57 Å². The van der Waals surface area contributed by atoms with Gasteiger partial charge >= 0.3 is 0 Å². The van der Waals surface area contributed by atoms with Gasteiger partial charge < -0.3 is 14.5 Å². The van der Waals surface area contributed by atoms with Crippen LogP contribution >= 0.6 is 0 Å². The molecule has 0 saturated heterocycles. The smallest absolute Gasteiger partial charge is 0.246 e. The molecule has 250 valence electrons. The maximum absolute atomic E-state index is 6.79. The molecule has 4 heterocycles. The van der Waals surface area contributed by atoms with Gasteiger partial charge in [0.1, 0.15) is 24.0 Å². The molecule has 0 amide bonds. The van der Waals surface area contributed by atoms with Gasteiger partial charge in [0.05, 0.1) is 22.4 Å². The van der Waals surface area contributed by atoms with Gasteiger partial charge in [0.15, 0.2) is 0 Å². The number of hydrogen-bond donors (Lipinski definition) is 0. The van der Waals surface area contributed by atoms with Crippen LogP contribution in [0.5, 0.6) is 11.5 Å². The lowest BCUT2D eigenvalue weighted by atomic mass is 9.35. The molecule has 0 aliphatic carbocycles. The molecule has 0 unspecified atom stereocenters. The van der Waals surface area contributed by atoms with Crippen LogP contribution in [0.3, 0.4) is 0 Å². The molecule has 10 rings (SSSR count). The Kier molecular flexibility index (Phi) is 6.84. The largest absolute Gasteiger partial charge is 0.457 e. The maximum atomic E-state index is 6.79. The van der Waals surface area contributed by atoms with Gasteiger partial charge in [-0.2, -0.15) is 0 Å². The van der Waals surface area contributed by atoms with E-state index in [1.54, 1.807) is 0 Å². The molecule has 6 heteroatoms. The molecule has 2 aliphatic rings. The van der Waals surface area contributed by atoms with E-state index >= 15 is 0 Å². The highest BCUT2D eigenvalue weighted by atomic mass is 16.5. The summed E-state index contributed by atoms with van der Waals surface area (Å²) in [5.41, 5.74) is 12.2. The van der Waals surface area contributed by atoms with Gasteiger partial charge in [-0.25, -0.2) is 4.98 Å². The van der Waals surface area contributed by atoms with Crippen molar-refractivity contribution in [2.75, 3.05) is 16.5 Å². The predicted octanol–water partition coefficient (Wildman–Crippen LogP) is 9.35. The summed E-state index contributed by atoms with van der Waals surface area (Å²) in [6.07, 6.45) is 1.92. The van der Waals surface area contributed by atoms with E-state index in [4.69, 9.17) is 9.72 Å². The third-order valence-corrected chi connectivity index (χ3v) is 10.7. The predicted molar refractivity (Wildman–Crippen MR) is 217 cm³/mol. The molecular formula is C46H37BN4O. The van der Waals surface area contributed by atoms with Crippen LogP contribution in [-0.4, -0.2) is 22.9 Å². The summed E-state index contributed by atoms with van der Waals surface area (Å²) in [5, 5.41) is 2.36. The number of benzene rings is 6. The minimum Gasteiger partial charge on any atom is -0.457 e. The molecule has 2 aromatic heterocycles. The van der Waals surface area contributed by atoms with Gasteiger partial charge in [-0.1, -0.05) is 111 Å². The van der Waals surface area contributed by atoms with Crippen LogP contribution < -0.4 is 30.9 Å². The Morgan fingerprint density at radius 1 is 0.596 bits per heavy atom. The number of aromatic nitrogens is 2. The van der Waals surface area contributed by atoms with Crippen molar-refractivity contribution < 1.29 is 4.74 Å². The first-order valence-electron chi connectivity index (χ1n) is 18.0. The van der Waals surface area contributed by atoms with Crippen LogP contribution in [0.15, 0.2) is 158 Å².